The molecule has 3 heterocycles. The predicted molar refractivity (Wildman–Crippen MR) is 123 cm³/mol. The third-order valence-corrected chi connectivity index (χ3v) is 6.35. The van der Waals surface area contributed by atoms with E-state index in [-0.39, 0.29) is 18.0 Å². The Bertz CT molecular complexity index is 1350. The summed E-state index contributed by atoms with van der Waals surface area (Å²) in [5.74, 6) is -0.0781. The number of aromatic nitrogens is 3. The molecule has 0 spiro atoms. The lowest BCUT2D eigenvalue weighted by molar-refractivity contribution is -0.132. The molecule has 0 saturated carbocycles. The highest BCUT2D eigenvalue weighted by Crippen LogP contribution is 2.24. The molecule has 0 atom stereocenters. The number of H-pyrrole nitrogens is 1. The summed E-state index contributed by atoms with van der Waals surface area (Å²) in [6, 6.07) is 14.1. The fourth-order valence-corrected chi connectivity index (χ4v) is 4.39. The third kappa shape index (κ3) is 3.36. The predicted octanol–water partition coefficient (Wildman–Crippen LogP) is 2.84. The van der Waals surface area contributed by atoms with E-state index < -0.39 is 0 Å². The van der Waals surface area contributed by atoms with Crippen LogP contribution in [0.3, 0.4) is 0 Å². The number of piperazine rings is 1. The van der Waals surface area contributed by atoms with Gasteiger partial charge in [-0.2, -0.15) is 5.10 Å². The molecule has 1 N–H and O–H groups in total. The van der Waals surface area contributed by atoms with E-state index in [1.165, 1.54) is 21.5 Å². The molecule has 4 aromatic rings. The van der Waals surface area contributed by atoms with Gasteiger partial charge in [0.2, 0.25) is 5.91 Å². The lowest BCUT2D eigenvalue weighted by Gasteiger charge is -2.37. The Kier molecular flexibility index (Phi) is 4.73. The number of nitrogens with one attached hydrogen (secondary N) is 1. The van der Waals surface area contributed by atoms with Gasteiger partial charge in [-0.05, 0) is 37.1 Å². The lowest BCUT2D eigenvalue weighted by atomic mass is 10.1. The number of nitrogens with zero attached hydrogens (tertiary/aromatic N) is 4. The van der Waals surface area contributed by atoms with Crippen molar-refractivity contribution in [3.05, 3.63) is 70.1 Å². The summed E-state index contributed by atoms with van der Waals surface area (Å²) < 4.78 is 1.26. The number of para-hydroxylation sites is 1. The number of aromatic amines is 1. The van der Waals surface area contributed by atoms with Crippen molar-refractivity contribution in [1.82, 2.24) is 19.7 Å². The summed E-state index contributed by atoms with van der Waals surface area (Å²) >= 11 is 0. The number of fused-ring (bicyclic) bond motifs is 3. The maximum Gasteiger partial charge on any atom is 0.291 e. The topological polar surface area (TPSA) is 74.2 Å². The maximum atomic E-state index is 12.9. The molecule has 1 amide bonds. The molecule has 2 aromatic carbocycles. The van der Waals surface area contributed by atoms with Gasteiger partial charge in [-0.25, -0.2) is 4.68 Å². The number of rotatable bonds is 3. The number of benzene rings is 2. The SMILES string of the molecule is Cc1cccc(N2CCN(C(=O)Cn3ncc4c([nH]c5ccccc54)c3=O)CC2)c1C. The van der Waals surface area contributed by atoms with Gasteiger partial charge in [-0.1, -0.05) is 30.3 Å². The van der Waals surface area contributed by atoms with Gasteiger partial charge in [-0.15, -0.1) is 0 Å². The molecule has 7 heteroatoms. The highest BCUT2D eigenvalue weighted by Gasteiger charge is 2.23. The van der Waals surface area contributed by atoms with Crippen molar-refractivity contribution in [3.63, 3.8) is 0 Å². The second-order valence-electron chi connectivity index (χ2n) is 8.15. The van der Waals surface area contributed by atoms with Gasteiger partial charge in [0, 0.05) is 48.2 Å². The van der Waals surface area contributed by atoms with E-state index in [0.29, 0.717) is 18.6 Å². The molecule has 0 radical (unpaired) electrons. The first-order chi connectivity index (χ1) is 15.0. The monoisotopic (exact) mass is 415 g/mol. The summed E-state index contributed by atoms with van der Waals surface area (Å²) in [6.45, 7) is 7.03. The Balaban J connectivity index is 1.31. The van der Waals surface area contributed by atoms with E-state index in [1.54, 1.807) is 6.20 Å². The Hall–Kier alpha value is -3.61. The summed E-state index contributed by atoms with van der Waals surface area (Å²) in [4.78, 5) is 33.1. The minimum absolute atomic E-state index is 0.0480. The second-order valence-corrected chi connectivity index (χ2v) is 8.15. The summed E-state index contributed by atoms with van der Waals surface area (Å²) in [6.07, 6.45) is 1.67. The second kappa shape index (κ2) is 7.58. The maximum absolute atomic E-state index is 12.9. The molecule has 0 bridgehead atoms. The zero-order valence-electron chi connectivity index (χ0n) is 17.8. The van der Waals surface area contributed by atoms with Gasteiger partial charge in [-0.3, -0.25) is 9.59 Å². The largest absolute Gasteiger partial charge is 0.368 e. The van der Waals surface area contributed by atoms with Crippen LogP contribution in [0.4, 0.5) is 5.69 Å². The average Bonchev–Trinajstić information content (AvgIpc) is 3.17. The normalized spacial score (nSPS) is 14.5. The number of amides is 1. The third-order valence-electron chi connectivity index (χ3n) is 6.35. The number of carbonyl (C=O) groups is 1. The van der Waals surface area contributed by atoms with Crippen LogP contribution in [0.25, 0.3) is 21.8 Å². The van der Waals surface area contributed by atoms with Gasteiger partial charge >= 0.3 is 0 Å². The summed E-state index contributed by atoms with van der Waals surface area (Å²) in [7, 11) is 0. The van der Waals surface area contributed by atoms with E-state index in [4.69, 9.17) is 0 Å². The Morgan fingerprint density at radius 2 is 1.77 bits per heavy atom. The number of hydrogen-bond donors (Lipinski definition) is 1. The molecule has 1 aliphatic rings. The quantitative estimate of drug-likeness (QED) is 0.558. The molecular formula is C24H25N5O2. The van der Waals surface area contributed by atoms with Crippen molar-refractivity contribution < 1.29 is 4.79 Å². The minimum Gasteiger partial charge on any atom is -0.368 e. The number of aryl methyl sites for hydroxylation is 1. The first kappa shape index (κ1) is 19.4. The molecule has 5 rings (SSSR count). The standard InChI is InChI=1S/C24H25N5O2/c1-16-6-5-9-21(17(16)2)27-10-12-28(13-11-27)22(30)15-29-24(31)23-19(14-25-29)18-7-3-4-8-20(18)26-23/h3-9,14,26H,10-13,15H2,1-2H3. The highest BCUT2D eigenvalue weighted by atomic mass is 16.2. The fourth-order valence-electron chi connectivity index (χ4n) is 4.39. The molecule has 7 nitrogen and oxygen atoms in total. The fraction of sp³-hybridized carbons (Fsp3) is 0.292. The van der Waals surface area contributed by atoms with Crippen molar-refractivity contribution in [2.45, 2.75) is 20.4 Å². The zero-order chi connectivity index (χ0) is 21.5. The van der Waals surface area contributed by atoms with Gasteiger partial charge in [0.05, 0.1) is 6.20 Å². The number of anilines is 1. The van der Waals surface area contributed by atoms with Crippen molar-refractivity contribution in [2.75, 3.05) is 31.1 Å². The summed E-state index contributed by atoms with van der Waals surface area (Å²) in [5.41, 5.74) is 4.90. The van der Waals surface area contributed by atoms with E-state index in [9.17, 15) is 9.59 Å². The molecule has 0 aliphatic carbocycles. The van der Waals surface area contributed by atoms with Crippen molar-refractivity contribution in [1.29, 1.82) is 0 Å². The van der Waals surface area contributed by atoms with Crippen LogP contribution in [0, 0.1) is 13.8 Å². The molecule has 158 valence electrons. The molecule has 1 aliphatic heterocycles. The van der Waals surface area contributed by atoms with Crippen LogP contribution in [0.1, 0.15) is 11.1 Å². The van der Waals surface area contributed by atoms with Gasteiger partial charge in [0.1, 0.15) is 12.1 Å². The van der Waals surface area contributed by atoms with E-state index >= 15 is 0 Å². The van der Waals surface area contributed by atoms with Gasteiger partial charge in [0.15, 0.2) is 0 Å². The van der Waals surface area contributed by atoms with Gasteiger partial charge in [0.25, 0.3) is 5.56 Å². The van der Waals surface area contributed by atoms with Crippen LogP contribution < -0.4 is 10.5 Å². The molecule has 2 aromatic heterocycles. The first-order valence-electron chi connectivity index (χ1n) is 10.6. The highest BCUT2D eigenvalue weighted by molar-refractivity contribution is 6.06. The molecule has 0 unspecified atom stereocenters. The van der Waals surface area contributed by atoms with Crippen LogP contribution in [0.5, 0.6) is 0 Å². The average molecular weight is 415 g/mol. The van der Waals surface area contributed by atoms with Crippen LogP contribution in [0.15, 0.2) is 53.5 Å². The van der Waals surface area contributed by atoms with E-state index in [0.717, 1.165) is 29.4 Å². The van der Waals surface area contributed by atoms with Crippen molar-refractivity contribution in [3.8, 4) is 0 Å². The number of carbonyl (C=O) groups excluding carboxylic acids is 1. The van der Waals surface area contributed by atoms with Gasteiger partial charge < -0.3 is 14.8 Å². The number of hydrogen-bond acceptors (Lipinski definition) is 4. The van der Waals surface area contributed by atoms with Crippen molar-refractivity contribution >= 4 is 33.4 Å². The molecule has 1 fully saturated rings. The molecular weight excluding hydrogens is 390 g/mol. The van der Waals surface area contributed by atoms with E-state index in [2.05, 4.69) is 47.0 Å². The zero-order valence-corrected chi connectivity index (χ0v) is 17.8. The Labute approximate surface area is 179 Å². The molecule has 1 saturated heterocycles. The van der Waals surface area contributed by atoms with Crippen LogP contribution >= 0.6 is 0 Å². The minimum atomic E-state index is -0.268. The Morgan fingerprint density at radius 1 is 1.00 bits per heavy atom. The van der Waals surface area contributed by atoms with Crippen molar-refractivity contribution in [2.24, 2.45) is 0 Å². The lowest BCUT2D eigenvalue weighted by Crippen LogP contribution is -2.50. The van der Waals surface area contributed by atoms with Crippen LogP contribution in [-0.2, 0) is 11.3 Å². The van der Waals surface area contributed by atoms with Crippen LogP contribution in [0.2, 0.25) is 0 Å². The smallest absolute Gasteiger partial charge is 0.291 e. The van der Waals surface area contributed by atoms with Crippen LogP contribution in [-0.4, -0.2) is 51.8 Å². The Morgan fingerprint density at radius 3 is 2.58 bits per heavy atom. The summed E-state index contributed by atoms with van der Waals surface area (Å²) in [5, 5.41) is 6.02. The molecule has 31 heavy (non-hydrogen) atoms. The first-order valence-corrected chi connectivity index (χ1v) is 10.6. The van der Waals surface area contributed by atoms with E-state index in [1.807, 2.05) is 29.2 Å².